The zero-order valence-electron chi connectivity index (χ0n) is 7.69. The summed E-state index contributed by atoms with van der Waals surface area (Å²) in [4.78, 5) is 4.38. The van der Waals surface area contributed by atoms with E-state index in [0.717, 1.165) is 5.92 Å². The quantitative estimate of drug-likeness (QED) is 0.834. The van der Waals surface area contributed by atoms with Gasteiger partial charge in [-0.2, -0.15) is 11.8 Å². The highest BCUT2D eigenvalue weighted by molar-refractivity contribution is 7.99. The molecular formula is C9H14N2S2. The highest BCUT2D eigenvalue weighted by atomic mass is 32.2. The molecule has 2 atom stereocenters. The van der Waals surface area contributed by atoms with Gasteiger partial charge in [-0.1, -0.05) is 0 Å². The van der Waals surface area contributed by atoms with Gasteiger partial charge in [-0.15, -0.1) is 11.3 Å². The first-order valence-corrected chi connectivity index (χ1v) is 6.59. The summed E-state index contributed by atoms with van der Waals surface area (Å²) >= 11 is 3.82. The maximum absolute atomic E-state index is 4.38. The molecule has 1 N–H and O–H groups in total. The fourth-order valence-electron chi connectivity index (χ4n) is 1.76. The molecule has 0 aliphatic carbocycles. The topological polar surface area (TPSA) is 24.9 Å². The average Bonchev–Trinajstić information content (AvgIpc) is 2.76. The van der Waals surface area contributed by atoms with Gasteiger partial charge >= 0.3 is 0 Å². The Kier molecular flexibility index (Phi) is 3.24. The van der Waals surface area contributed by atoms with Gasteiger partial charge < -0.3 is 5.32 Å². The summed E-state index contributed by atoms with van der Waals surface area (Å²) in [7, 11) is 2.04. The van der Waals surface area contributed by atoms with E-state index in [0.29, 0.717) is 6.04 Å². The maximum Gasteiger partial charge on any atom is 0.110 e. The monoisotopic (exact) mass is 214 g/mol. The molecule has 0 bridgehead atoms. The van der Waals surface area contributed by atoms with Crippen molar-refractivity contribution in [3.63, 3.8) is 0 Å². The van der Waals surface area contributed by atoms with Crippen LogP contribution in [0.15, 0.2) is 11.6 Å². The standard InChI is InChI=1S/C9H14N2S2/c1-10-8(7-2-4-12-6-7)9-11-3-5-13-9/h3,5,7-8,10H,2,4,6H2,1H3. The number of rotatable bonds is 3. The van der Waals surface area contributed by atoms with E-state index in [4.69, 9.17) is 0 Å². The van der Waals surface area contributed by atoms with Gasteiger partial charge in [0, 0.05) is 11.6 Å². The Morgan fingerprint density at radius 3 is 3.15 bits per heavy atom. The number of hydrogen-bond acceptors (Lipinski definition) is 4. The molecular weight excluding hydrogens is 200 g/mol. The minimum absolute atomic E-state index is 0.481. The first-order valence-electron chi connectivity index (χ1n) is 4.56. The minimum Gasteiger partial charge on any atom is -0.311 e. The Labute approximate surface area is 87.1 Å². The molecule has 4 heteroatoms. The van der Waals surface area contributed by atoms with Crippen molar-refractivity contribution < 1.29 is 0 Å². The Morgan fingerprint density at radius 2 is 2.62 bits per heavy atom. The number of aromatic nitrogens is 1. The SMILES string of the molecule is CNC(c1nccs1)C1CCSC1. The van der Waals surface area contributed by atoms with Gasteiger partial charge in [0.1, 0.15) is 5.01 Å². The molecule has 2 unspecified atom stereocenters. The number of nitrogens with zero attached hydrogens (tertiary/aromatic N) is 1. The van der Waals surface area contributed by atoms with Crippen molar-refractivity contribution in [2.24, 2.45) is 5.92 Å². The van der Waals surface area contributed by atoms with Crippen molar-refractivity contribution in [1.29, 1.82) is 0 Å². The highest BCUT2D eigenvalue weighted by Crippen LogP contribution is 2.34. The smallest absolute Gasteiger partial charge is 0.110 e. The van der Waals surface area contributed by atoms with Gasteiger partial charge in [0.05, 0.1) is 6.04 Å². The molecule has 0 spiro atoms. The largest absolute Gasteiger partial charge is 0.311 e. The van der Waals surface area contributed by atoms with Crippen molar-refractivity contribution in [2.75, 3.05) is 18.6 Å². The van der Waals surface area contributed by atoms with E-state index in [1.165, 1.54) is 22.9 Å². The van der Waals surface area contributed by atoms with Gasteiger partial charge in [0.2, 0.25) is 0 Å². The lowest BCUT2D eigenvalue weighted by atomic mass is 10.0. The Hall–Kier alpha value is -0.0600. The molecule has 1 aliphatic heterocycles. The van der Waals surface area contributed by atoms with Crippen LogP contribution in [-0.4, -0.2) is 23.5 Å². The number of nitrogens with one attached hydrogen (secondary N) is 1. The second-order valence-electron chi connectivity index (χ2n) is 3.26. The summed E-state index contributed by atoms with van der Waals surface area (Å²) in [6.07, 6.45) is 3.22. The Morgan fingerprint density at radius 1 is 1.69 bits per heavy atom. The van der Waals surface area contributed by atoms with Gasteiger partial charge in [-0.3, -0.25) is 0 Å². The number of thioether (sulfide) groups is 1. The van der Waals surface area contributed by atoms with Crippen molar-refractivity contribution in [3.8, 4) is 0 Å². The lowest BCUT2D eigenvalue weighted by Gasteiger charge is -2.19. The number of thiazole rings is 1. The molecule has 72 valence electrons. The Balaban J connectivity index is 2.08. The van der Waals surface area contributed by atoms with Crippen LogP contribution in [0.1, 0.15) is 17.5 Å². The van der Waals surface area contributed by atoms with Crippen LogP contribution >= 0.6 is 23.1 Å². The van der Waals surface area contributed by atoms with Gasteiger partial charge in [-0.05, 0) is 30.9 Å². The van der Waals surface area contributed by atoms with Crippen molar-refractivity contribution in [2.45, 2.75) is 12.5 Å². The predicted octanol–water partition coefficient (Wildman–Crippen LogP) is 2.16. The van der Waals surface area contributed by atoms with Crippen LogP contribution in [0.5, 0.6) is 0 Å². The molecule has 13 heavy (non-hydrogen) atoms. The normalized spacial score (nSPS) is 24.8. The van der Waals surface area contributed by atoms with Crippen LogP contribution in [0.3, 0.4) is 0 Å². The van der Waals surface area contributed by atoms with E-state index in [9.17, 15) is 0 Å². The zero-order valence-corrected chi connectivity index (χ0v) is 9.33. The van der Waals surface area contributed by atoms with Crippen molar-refractivity contribution >= 4 is 23.1 Å². The number of hydrogen-bond donors (Lipinski definition) is 1. The van der Waals surface area contributed by atoms with E-state index in [1.807, 2.05) is 13.2 Å². The summed E-state index contributed by atoms with van der Waals surface area (Å²) in [5.41, 5.74) is 0. The van der Waals surface area contributed by atoms with E-state index in [-0.39, 0.29) is 0 Å². The van der Waals surface area contributed by atoms with Crippen LogP contribution in [0.4, 0.5) is 0 Å². The first kappa shape index (κ1) is 9.49. The van der Waals surface area contributed by atoms with Gasteiger partial charge in [0.15, 0.2) is 0 Å². The van der Waals surface area contributed by atoms with Crippen LogP contribution < -0.4 is 5.32 Å². The maximum atomic E-state index is 4.38. The fraction of sp³-hybridized carbons (Fsp3) is 0.667. The Bertz CT molecular complexity index is 242. The van der Waals surface area contributed by atoms with Gasteiger partial charge in [0.25, 0.3) is 0 Å². The molecule has 1 saturated heterocycles. The molecule has 0 saturated carbocycles. The van der Waals surface area contributed by atoms with Gasteiger partial charge in [-0.25, -0.2) is 4.98 Å². The van der Waals surface area contributed by atoms with Crippen LogP contribution in [0, 0.1) is 5.92 Å². The lowest BCUT2D eigenvalue weighted by molar-refractivity contribution is 0.418. The molecule has 1 aromatic heterocycles. The van der Waals surface area contributed by atoms with Crippen LogP contribution in [-0.2, 0) is 0 Å². The molecule has 2 heterocycles. The minimum atomic E-state index is 0.481. The summed E-state index contributed by atoms with van der Waals surface area (Å²) in [5.74, 6) is 3.38. The molecule has 1 aliphatic rings. The van der Waals surface area contributed by atoms with E-state index < -0.39 is 0 Å². The third-order valence-corrected chi connectivity index (χ3v) is 4.51. The molecule has 2 rings (SSSR count). The van der Waals surface area contributed by atoms with Crippen LogP contribution in [0.25, 0.3) is 0 Å². The molecule has 2 nitrogen and oxygen atoms in total. The van der Waals surface area contributed by atoms with E-state index in [2.05, 4.69) is 27.4 Å². The molecule has 1 fully saturated rings. The predicted molar refractivity (Wildman–Crippen MR) is 59.3 cm³/mol. The van der Waals surface area contributed by atoms with E-state index >= 15 is 0 Å². The zero-order chi connectivity index (χ0) is 9.10. The summed E-state index contributed by atoms with van der Waals surface area (Å²) in [6, 6.07) is 0.481. The molecule has 0 radical (unpaired) electrons. The second-order valence-corrected chi connectivity index (χ2v) is 5.34. The molecule has 0 amide bonds. The lowest BCUT2D eigenvalue weighted by Crippen LogP contribution is -2.24. The third kappa shape index (κ3) is 2.06. The van der Waals surface area contributed by atoms with Crippen molar-refractivity contribution in [3.05, 3.63) is 16.6 Å². The second kappa shape index (κ2) is 4.44. The molecule has 1 aromatic rings. The average molecular weight is 214 g/mol. The highest BCUT2D eigenvalue weighted by Gasteiger charge is 2.26. The van der Waals surface area contributed by atoms with Crippen molar-refractivity contribution in [1.82, 2.24) is 10.3 Å². The summed E-state index contributed by atoms with van der Waals surface area (Å²) in [5, 5.41) is 6.68. The van der Waals surface area contributed by atoms with Crippen LogP contribution in [0.2, 0.25) is 0 Å². The first-order chi connectivity index (χ1) is 6.42. The fourth-order valence-corrected chi connectivity index (χ4v) is 3.90. The summed E-state index contributed by atoms with van der Waals surface area (Å²) < 4.78 is 0. The van der Waals surface area contributed by atoms with E-state index in [1.54, 1.807) is 11.3 Å². The summed E-state index contributed by atoms with van der Waals surface area (Å²) in [6.45, 7) is 0. The third-order valence-electron chi connectivity index (χ3n) is 2.46. The molecule has 0 aromatic carbocycles.